The molecular weight excluding hydrogens is 212 g/mol. The number of nitrogens with zero attached hydrogens (tertiary/aromatic N) is 2. The van der Waals surface area contributed by atoms with Gasteiger partial charge in [-0.15, -0.1) is 0 Å². The van der Waals surface area contributed by atoms with Gasteiger partial charge in [-0.2, -0.15) is 5.10 Å². The van der Waals surface area contributed by atoms with E-state index in [-0.39, 0.29) is 0 Å². The summed E-state index contributed by atoms with van der Waals surface area (Å²) < 4.78 is 0. The van der Waals surface area contributed by atoms with Gasteiger partial charge in [0.15, 0.2) is 0 Å². The molecule has 3 rings (SSSR count). The molecule has 0 aromatic carbocycles. The van der Waals surface area contributed by atoms with Gasteiger partial charge in [0.2, 0.25) is 0 Å². The summed E-state index contributed by atoms with van der Waals surface area (Å²) in [6, 6.07) is 4.09. The Morgan fingerprint density at radius 2 is 2.12 bits per heavy atom. The molecule has 2 N–H and O–H groups in total. The molecule has 0 saturated carbocycles. The second-order valence-electron chi connectivity index (χ2n) is 4.53. The molecule has 17 heavy (non-hydrogen) atoms. The number of hydrogen-bond acceptors (Lipinski definition) is 3. The molecule has 0 bridgehead atoms. The molecule has 0 radical (unpaired) electrons. The van der Waals surface area contributed by atoms with E-state index in [1.54, 1.807) is 0 Å². The standard InChI is InChI=1S/C13H16N4/c1-9-12(10-2-5-14-6-3-10)13(17-16-9)11-4-7-15-8-11/h2-3,5-6,11,15H,4,7-8H2,1H3,(H,16,17). The number of nitrogens with one attached hydrogen (secondary N) is 2. The SMILES string of the molecule is Cc1[nH]nc(C2CCNC2)c1-c1ccncc1. The molecule has 0 aliphatic carbocycles. The van der Waals surface area contributed by atoms with E-state index in [0.717, 1.165) is 18.8 Å². The summed E-state index contributed by atoms with van der Waals surface area (Å²) in [7, 11) is 0. The van der Waals surface area contributed by atoms with Crippen molar-refractivity contribution < 1.29 is 0 Å². The molecule has 1 aliphatic heterocycles. The highest BCUT2D eigenvalue weighted by Crippen LogP contribution is 2.32. The molecule has 0 spiro atoms. The number of aromatic amines is 1. The van der Waals surface area contributed by atoms with Crippen molar-refractivity contribution >= 4 is 0 Å². The van der Waals surface area contributed by atoms with Crippen LogP contribution in [0.4, 0.5) is 0 Å². The van der Waals surface area contributed by atoms with Crippen LogP contribution in [0.25, 0.3) is 11.1 Å². The van der Waals surface area contributed by atoms with Crippen molar-refractivity contribution in [3.63, 3.8) is 0 Å². The molecule has 3 heterocycles. The van der Waals surface area contributed by atoms with Gasteiger partial charge in [0, 0.05) is 36.1 Å². The minimum Gasteiger partial charge on any atom is -0.316 e. The third-order valence-electron chi connectivity index (χ3n) is 3.39. The topological polar surface area (TPSA) is 53.6 Å². The fourth-order valence-corrected chi connectivity index (χ4v) is 2.51. The number of aryl methyl sites for hydroxylation is 1. The second kappa shape index (κ2) is 4.30. The molecule has 1 atom stereocenters. The van der Waals surface area contributed by atoms with Crippen molar-refractivity contribution in [2.45, 2.75) is 19.3 Å². The number of rotatable bonds is 2. The van der Waals surface area contributed by atoms with Gasteiger partial charge in [0.1, 0.15) is 0 Å². The Morgan fingerprint density at radius 1 is 1.29 bits per heavy atom. The normalized spacial score (nSPS) is 19.7. The summed E-state index contributed by atoms with van der Waals surface area (Å²) in [5.41, 5.74) is 4.78. The lowest BCUT2D eigenvalue weighted by atomic mass is 9.95. The Bertz CT molecular complexity index is 497. The van der Waals surface area contributed by atoms with Crippen molar-refractivity contribution in [3.8, 4) is 11.1 Å². The lowest BCUT2D eigenvalue weighted by Crippen LogP contribution is -2.08. The average Bonchev–Trinajstić information content (AvgIpc) is 2.98. The fourth-order valence-electron chi connectivity index (χ4n) is 2.51. The lowest BCUT2D eigenvalue weighted by Gasteiger charge is -2.08. The molecule has 1 aliphatic rings. The molecule has 2 aromatic rings. The smallest absolute Gasteiger partial charge is 0.0747 e. The molecule has 1 unspecified atom stereocenters. The molecule has 1 fully saturated rings. The van der Waals surface area contributed by atoms with Crippen LogP contribution in [0.3, 0.4) is 0 Å². The van der Waals surface area contributed by atoms with Crippen LogP contribution in [0.15, 0.2) is 24.5 Å². The van der Waals surface area contributed by atoms with E-state index in [1.165, 1.54) is 23.2 Å². The molecule has 0 amide bonds. The van der Waals surface area contributed by atoms with Gasteiger partial charge >= 0.3 is 0 Å². The first kappa shape index (κ1) is 10.5. The minimum atomic E-state index is 0.531. The number of pyridine rings is 1. The van der Waals surface area contributed by atoms with Crippen molar-refractivity contribution in [3.05, 3.63) is 35.9 Å². The molecule has 4 heteroatoms. The molecule has 1 saturated heterocycles. The van der Waals surface area contributed by atoms with Crippen LogP contribution >= 0.6 is 0 Å². The maximum Gasteiger partial charge on any atom is 0.0747 e. The van der Waals surface area contributed by atoms with Crippen molar-refractivity contribution in [1.29, 1.82) is 0 Å². The van der Waals surface area contributed by atoms with Gasteiger partial charge < -0.3 is 5.32 Å². The molecular formula is C13H16N4. The van der Waals surface area contributed by atoms with Gasteiger partial charge in [-0.25, -0.2) is 0 Å². The first-order chi connectivity index (χ1) is 8.36. The van der Waals surface area contributed by atoms with E-state index in [2.05, 4.69) is 27.4 Å². The monoisotopic (exact) mass is 228 g/mol. The zero-order valence-electron chi connectivity index (χ0n) is 9.90. The van der Waals surface area contributed by atoms with Crippen LogP contribution < -0.4 is 5.32 Å². The van der Waals surface area contributed by atoms with E-state index in [9.17, 15) is 0 Å². The van der Waals surface area contributed by atoms with Crippen LogP contribution in [0.5, 0.6) is 0 Å². The summed E-state index contributed by atoms with van der Waals surface area (Å²) in [6.45, 7) is 4.20. The van der Waals surface area contributed by atoms with E-state index >= 15 is 0 Å². The third-order valence-corrected chi connectivity index (χ3v) is 3.39. The number of aromatic nitrogens is 3. The summed E-state index contributed by atoms with van der Waals surface area (Å²) in [4.78, 5) is 4.07. The van der Waals surface area contributed by atoms with Crippen LogP contribution in [0.2, 0.25) is 0 Å². The first-order valence-corrected chi connectivity index (χ1v) is 6.02. The van der Waals surface area contributed by atoms with Crippen LogP contribution in [0.1, 0.15) is 23.7 Å². The quantitative estimate of drug-likeness (QED) is 0.825. The van der Waals surface area contributed by atoms with E-state index in [1.807, 2.05) is 24.5 Å². The lowest BCUT2D eigenvalue weighted by molar-refractivity contribution is 0.730. The third kappa shape index (κ3) is 1.85. The van der Waals surface area contributed by atoms with Gasteiger partial charge in [-0.05, 0) is 37.6 Å². The Kier molecular flexibility index (Phi) is 2.65. The molecule has 2 aromatic heterocycles. The van der Waals surface area contributed by atoms with E-state index in [0.29, 0.717) is 5.92 Å². The van der Waals surface area contributed by atoms with E-state index < -0.39 is 0 Å². The zero-order valence-corrected chi connectivity index (χ0v) is 9.90. The minimum absolute atomic E-state index is 0.531. The maximum absolute atomic E-state index is 4.49. The second-order valence-corrected chi connectivity index (χ2v) is 4.53. The first-order valence-electron chi connectivity index (χ1n) is 6.02. The maximum atomic E-state index is 4.49. The Hall–Kier alpha value is -1.68. The Labute approximate surface area is 100 Å². The van der Waals surface area contributed by atoms with Crippen LogP contribution in [0, 0.1) is 6.92 Å². The summed E-state index contributed by atoms with van der Waals surface area (Å²) in [6.07, 6.45) is 4.83. The van der Waals surface area contributed by atoms with Gasteiger partial charge in [0.25, 0.3) is 0 Å². The zero-order chi connectivity index (χ0) is 11.7. The fraction of sp³-hybridized carbons (Fsp3) is 0.385. The summed E-state index contributed by atoms with van der Waals surface area (Å²) in [5.74, 6) is 0.531. The summed E-state index contributed by atoms with van der Waals surface area (Å²) in [5, 5.41) is 11.0. The predicted molar refractivity (Wildman–Crippen MR) is 66.8 cm³/mol. The van der Waals surface area contributed by atoms with Crippen LogP contribution in [-0.2, 0) is 0 Å². The van der Waals surface area contributed by atoms with E-state index in [4.69, 9.17) is 0 Å². The number of H-pyrrole nitrogens is 1. The average molecular weight is 228 g/mol. The highest BCUT2D eigenvalue weighted by atomic mass is 15.1. The largest absolute Gasteiger partial charge is 0.316 e. The summed E-state index contributed by atoms with van der Waals surface area (Å²) >= 11 is 0. The van der Waals surface area contributed by atoms with Crippen molar-refractivity contribution in [2.24, 2.45) is 0 Å². The highest BCUT2D eigenvalue weighted by molar-refractivity contribution is 5.68. The van der Waals surface area contributed by atoms with Gasteiger partial charge in [-0.1, -0.05) is 0 Å². The highest BCUT2D eigenvalue weighted by Gasteiger charge is 2.24. The van der Waals surface area contributed by atoms with Gasteiger partial charge in [-0.3, -0.25) is 10.1 Å². The number of hydrogen-bond donors (Lipinski definition) is 2. The Morgan fingerprint density at radius 3 is 2.82 bits per heavy atom. The van der Waals surface area contributed by atoms with Crippen molar-refractivity contribution in [2.75, 3.05) is 13.1 Å². The molecule has 88 valence electrons. The van der Waals surface area contributed by atoms with Gasteiger partial charge in [0.05, 0.1) is 5.69 Å². The predicted octanol–water partition coefficient (Wildman–Crippen LogP) is 1.86. The molecule has 4 nitrogen and oxygen atoms in total. The Balaban J connectivity index is 2.06. The van der Waals surface area contributed by atoms with Crippen LogP contribution in [-0.4, -0.2) is 28.3 Å². The van der Waals surface area contributed by atoms with Crippen molar-refractivity contribution in [1.82, 2.24) is 20.5 Å².